The molecule has 1 saturated heterocycles. The summed E-state index contributed by atoms with van der Waals surface area (Å²) in [6.07, 6.45) is 4.25. The van der Waals surface area contributed by atoms with E-state index in [1.54, 1.807) is 4.90 Å². The van der Waals surface area contributed by atoms with Crippen molar-refractivity contribution in [1.29, 1.82) is 0 Å². The van der Waals surface area contributed by atoms with Crippen LogP contribution in [0.25, 0.3) is 0 Å². The van der Waals surface area contributed by atoms with E-state index in [2.05, 4.69) is 5.32 Å². The van der Waals surface area contributed by atoms with E-state index in [9.17, 15) is 4.79 Å². The second kappa shape index (κ2) is 5.34. The third-order valence-electron chi connectivity index (χ3n) is 4.30. The molecule has 1 aliphatic heterocycles. The fraction of sp³-hybridized carbons (Fsp3) is 0.467. The molecule has 1 saturated carbocycles. The summed E-state index contributed by atoms with van der Waals surface area (Å²) in [6.45, 7) is 1.92. The van der Waals surface area contributed by atoms with Gasteiger partial charge in [-0.25, -0.2) is 0 Å². The Morgan fingerprint density at radius 2 is 2.10 bits per heavy atom. The zero-order chi connectivity index (χ0) is 14.3. The van der Waals surface area contributed by atoms with Crippen molar-refractivity contribution in [2.45, 2.75) is 38.6 Å². The van der Waals surface area contributed by atoms with Crippen molar-refractivity contribution < 1.29 is 4.79 Å². The molecule has 1 aromatic rings. The number of thiocarbonyl (C=S) groups is 1. The van der Waals surface area contributed by atoms with E-state index in [-0.39, 0.29) is 17.9 Å². The van der Waals surface area contributed by atoms with Crippen LogP contribution in [0.3, 0.4) is 0 Å². The summed E-state index contributed by atoms with van der Waals surface area (Å²) < 4.78 is 0. The van der Waals surface area contributed by atoms with Crippen LogP contribution >= 0.6 is 23.8 Å². The fourth-order valence-electron chi connectivity index (χ4n) is 3.15. The zero-order valence-electron chi connectivity index (χ0n) is 11.4. The molecular formula is C15H17ClN2OS. The van der Waals surface area contributed by atoms with Gasteiger partial charge in [-0.3, -0.25) is 9.69 Å². The molecule has 1 heterocycles. The van der Waals surface area contributed by atoms with Crippen molar-refractivity contribution in [3.63, 3.8) is 0 Å². The SMILES string of the molecule is Cc1c(Cl)cccc1N1C(=O)C2CCCCC2NC1=S. The first-order valence-corrected chi connectivity index (χ1v) is 7.78. The van der Waals surface area contributed by atoms with Crippen LogP contribution < -0.4 is 10.2 Å². The lowest BCUT2D eigenvalue weighted by atomic mass is 9.82. The Bertz CT molecular complexity index is 575. The number of anilines is 1. The smallest absolute Gasteiger partial charge is 0.238 e. The van der Waals surface area contributed by atoms with Crippen LogP contribution in [0.15, 0.2) is 18.2 Å². The van der Waals surface area contributed by atoms with E-state index in [1.807, 2.05) is 25.1 Å². The molecule has 2 atom stereocenters. The van der Waals surface area contributed by atoms with Gasteiger partial charge < -0.3 is 5.32 Å². The van der Waals surface area contributed by atoms with Crippen molar-refractivity contribution in [3.05, 3.63) is 28.8 Å². The summed E-state index contributed by atoms with van der Waals surface area (Å²) in [6, 6.07) is 5.79. The predicted octanol–water partition coefficient (Wildman–Crippen LogP) is 3.43. The van der Waals surface area contributed by atoms with E-state index in [0.717, 1.165) is 30.5 Å². The number of amides is 1. The molecule has 0 aromatic heterocycles. The first-order valence-electron chi connectivity index (χ1n) is 6.99. The van der Waals surface area contributed by atoms with Gasteiger partial charge >= 0.3 is 0 Å². The van der Waals surface area contributed by atoms with Gasteiger partial charge in [-0.1, -0.05) is 30.5 Å². The fourth-order valence-corrected chi connectivity index (χ4v) is 3.66. The number of hydrogen-bond acceptors (Lipinski definition) is 2. The predicted molar refractivity (Wildman–Crippen MR) is 85.2 cm³/mol. The number of fused-ring (bicyclic) bond motifs is 1. The van der Waals surface area contributed by atoms with Crippen molar-refractivity contribution >= 4 is 40.5 Å². The average Bonchev–Trinajstić information content (AvgIpc) is 2.43. The highest BCUT2D eigenvalue weighted by molar-refractivity contribution is 7.80. The first-order chi connectivity index (χ1) is 9.59. The molecule has 5 heteroatoms. The van der Waals surface area contributed by atoms with Gasteiger partial charge in [0.25, 0.3) is 0 Å². The summed E-state index contributed by atoms with van der Waals surface area (Å²) in [4.78, 5) is 14.4. The van der Waals surface area contributed by atoms with E-state index >= 15 is 0 Å². The van der Waals surface area contributed by atoms with Gasteiger partial charge in [-0.05, 0) is 49.7 Å². The Balaban J connectivity index is 1.98. The van der Waals surface area contributed by atoms with Crippen LogP contribution in [0.1, 0.15) is 31.2 Å². The summed E-state index contributed by atoms with van der Waals surface area (Å²) >= 11 is 11.6. The van der Waals surface area contributed by atoms with Crippen LogP contribution in [0.2, 0.25) is 5.02 Å². The number of carbonyl (C=O) groups excluding carboxylic acids is 1. The minimum Gasteiger partial charge on any atom is -0.358 e. The highest BCUT2D eigenvalue weighted by Gasteiger charge is 2.41. The minimum absolute atomic E-state index is 0.0360. The Kier molecular flexibility index (Phi) is 3.69. The molecule has 2 unspecified atom stereocenters. The largest absolute Gasteiger partial charge is 0.358 e. The van der Waals surface area contributed by atoms with Crippen molar-refractivity contribution in [2.24, 2.45) is 5.92 Å². The Hall–Kier alpha value is -1.13. The lowest BCUT2D eigenvalue weighted by Crippen LogP contribution is -2.61. The molecule has 3 rings (SSSR count). The number of carbonyl (C=O) groups is 1. The maximum absolute atomic E-state index is 12.8. The van der Waals surface area contributed by atoms with Crippen molar-refractivity contribution in [1.82, 2.24) is 5.32 Å². The van der Waals surface area contributed by atoms with Gasteiger partial charge in [0.1, 0.15) is 0 Å². The van der Waals surface area contributed by atoms with E-state index < -0.39 is 0 Å². The summed E-state index contributed by atoms with van der Waals surface area (Å²) in [5.74, 6) is 0.151. The molecule has 1 N–H and O–H groups in total. The maximum atomic E-state index is 12.8. The van der Waals surface area contributed by atoms with Crippen molar-refractivity contribution in [2.75, 3.05) is 4.90 Å². The summed E-state index contributed by atoms with van der Waals surface area (Å²) in [7, 11) is 0. The Labute approximate surface area is 129 Å². The molecular weight excluding hydrogens is 292 g/mol. The molecule has 106 valence electrons. The van der Waals surface area contributed by atoms with Crippen LogP contribution in [-0.4, -0.2) is 17.1 Å². The van der Waals surface area contributed by atoms with Gasteiger partial charge in [-0.15, -0.1) is 0 Å². The monoisotopic (exact) mass is 308 g/mol. The minimum atomic E-state index is 0.0360. The average molecular weight is 309 g/mol. The summed E-state index contributed by atoms with van der Waals surface area (Å²) in [5, 5.41) is 4.50. The standard InChI is InChI=1S/C15H17ClN2OS/c1-9-11(16)6-4-8-13(9)18-14(19)10-5-2-3-7-12(10)17-15(18)20/h4,6,8,10,12H,2-3,5,7H2,1H3,(H,17,20). The Morgan fingerprint density at radius 3 is 2.90 bits per heavy atom. The molecule has 3 nitrogen and oxygen atoms in total. The number of nitrogens with one attached hydrogen (secondary N) is 1. The van der Waals surface area contributed by atoms with E-state index in [1.165, 1.54) is 6.42 Å². The lowest BCUT2D eigenvalue weighted by molar-refractivity contribution is -0.123. The number of rotatable bonds is 1. The van der Waals surface area contributed by atoms with Gasteiger partial charge in [0, 0.05) is 11.1 Å². The van der Waals surface area contributed by atoms with Gasteiger partial charge in [0.2, 0.25) is 5.91 Å². The van der Waals surface area contributed by atoms with Crippen molar-refractivity contribution in [3.8, 4) is 0 Å². The maximum Gasteiger partial charge on any atom is 0.238 e. The second-order valence-corrected chi connectivity index (χ2v) is 6.30. The van der Waals surface area contributed by atoms with Gasteiger partial charge in [0.15, 0.2) is 5.11 Å². The number of halogens is 1. The molecule has 1 aliphatic carbocycles. The lowest BCUT2D eigenvalue weighted by Gasteiger charge is -2.42. The number of benzene rings is 1. The highest BCUT2D eigenvalue weighted by atomic mass is 35.5. The highest BCUT2D eigenvalue weighted by Crippen LogP contribution is 2.34. The molecule has 2 aliphatic rings. The molecule has 0 spiro atoms. The third kappa shape index (κ3) is 2.21. The molecule has 0 bridgehead atoms. The van der Waals surface area contributed by atoms with E-state index in [4.69, 9.17) is 23.8 Å². The second-order valence-electron chi connectivity index (χ2n) is 5.50. The number of nitrogens with zero attached hydrogens (tertiary/aromatic N) is 1. The Morgan fingerprint density at radius 1 is 1.35 bits per heavy atom. The molecule has 0 radical (unpaired) electrons. The quantitative estimate of drug-likeness (QED) is 0.807. The normalized spacial score (nSPS) is 26.2. The molecule has 1 aromatic carbocycles. The molecule has 20 heavy (non-hydrogen) atoms. The molecule has 2 fully saturated rings. The molecule has 1 amide bonds. The first kappa shape index (κ1) is 13.8. The zero-order valence-corrected chi connectivity index (χ0v) is 12.9. The van der Waals surface area contributed by atoms with Gasteiger partial charge in [-0.2, -0.15) is 0 Å². The summed E-state index contributed by atoms with van der Waals surface area (Å²) in [5.41, 5.74) is 1.69. The van der Waals surface area contributed by atoms with Crippen LogP contribution in [0, 0.1) is 12.8 Å². The van der Waals surface area contributed by atoms with Crippen LogP contribution in [0.5, 0.6) is 0 Å². The van der Waals surface area contributed by atoms with E-state index in [0.29, 0.717) is 10.1 Å². The third-order valence-corrected chi connectivity index (χ3v) is 5.01. The van der Waals surface area contributed by atoms with Gasteiger partial charge in [0.05, 0.1) is 11.6 Å². The topological polar surface area (TPSA) is 32.3 Å². The number of hydrogen-bond donors (Lipinski definition) is 1. The van der Waals surface area contributed by atoms with Crippen LogP contribution in [-0.2, 0) is 4.79 Å². The van der Waals surface area contributed by atoms with Crippen LogP contribution in [0.4, 0.5) is 5.69 Å².